The minimum atomic E-state index is -0.310. The molecule has 92 valence electrons. The second kappa shape index (κ2) is 4.75. The largest absolute Gasteiger partial charge is 0.398 e. The van der Waals surface area contributed by atoms with Crippen LogP contribution in [0.5, 0.6) is 0 Å². The molecular formula is C13H18N2O2. The summed E-state index contributed by atoms with van der Waals surface area (Å²) in [6.07, 6.45) is 1.44. The Labute approximate surface area is 101 Å². The predicted molar refractivity (Wildman–Crippen MR) is 67.9 cm³/mol. The smallest absolute Gasteiger partial charge is 0.253 e. The Kier molecular flexibility index (Phi) is 3.33. The summed E-state index contributed by atoms with van der Waals surface area (Å²) >= 11 is 0. The molecule has 1 amide bonds. The number of ether oxygens (including phenoxy) is 1. The fourth-order valence-corrected chi connectivity index (χ4v) is 2.04. The van der Waals surface area contributed by atoms with E-state index in [0.29, 0.717) is 12.3 Å². The van der Waals surface area contributed by atoms with E-state index in [9.17, 15) is 4.79 Å². The summed E-state index contributed by atoms with van der Waals surface area (Å²) in [7, 11) is 0. The molecule has 1 saturated heterocycles. The maximum absolute atomic E-state index is 12.0. The van der Waals surface area contributed by atoms with E-state index in [0.717, 1.165) is 29.7 Å². The summed E-state index contributed by atoms with van der Waals surface area (Å²) in [6, 6.07) is 3.76. The number of carbonyl (C=O) groups excluding carboxylic acids is 1. The number of nitrogens with two attached hydrogens (primary N) is 1. The van der Waals surface area contributed by atoms with Crippen LogP contribution in [-0.4, -0.2) is 18.6 Å². The lowest BCUT2D eigenvalue weighted by Crippen LogP contribution is -2.27. The average Bonchev–Trinajstić information content (AvgIpc) is 2.83. The molecule has 1 heterocycles. The van der Waals surface area contributed by atoms with Crippen LogP contribution in [0.3, 0.4) is 0 Å². The van der Waals surface area contributed by atoms with Crippen LogP contribution < -0.4 is 11.1 Å². The van der Waals surface area contributed by atoms with Crippen LogP contribution in [0.25, 0.3) is 0 Å². The number of hydrogen-bond acceptors (Lipinski definition) is 3. The van der Waals surface area contributed by atoms with Crippen molar-refractivity contribution in [3.8, 4) is 0 Å². The predicted octanol–water partition coefficient (Wildman–Crippen LogP) is 2.00. The van der Waals surface area contributed by atoms with Crippen LogP contribution >= 0.6 is 0 Å². The van der Waals surface area contributed by atoms with E-state index in [2.05, 4.69) is 5.32 Å². The summed E-state index contributed by atoms with van der Waals surface area (Å²) in [5.74, 6) is -0.0701. The van der Waals surface area contributed by atoms with E-state index in [1.165, 1.54) is 0 Å². The Hall–Kier alpha value is -1.55. The Morgan fingerprint density at radius 3 is 2.88 bits per heavy atom. The minimum Gasteiger partial charge on any atom is -0.398 e. The molecule has 1 unspecified atom stereocenters. The Morgan fingerprint density at radius 2 is 2.24 bits per heavy atom. The minimum absolute atomic E-state index is 0.0701. The highest BCUT2D eigenvalue weighted by molar-refractivity contribution is 5.96. The van der Waals surface area contributed by atoms with Gasteiger partial charge >= 0.3 is 0 Å². The topological polar surface area (TPSA) is 64.3 Å². The van der Waals surface area contributed by atoms with Gasteiger partial charge in [0.2, 0.25) is 0 Å². The van der Waals surface area contributed by atoms with Gasteiger partial charge in [-0.2, -0.15) is 0 Å². The van der Waals surface area contributed by atoms with Gasteiger partial charge in [-0.1, -0.05) is 6.07 Å². The van der Waals surface area contributed by atoms with Crippen molar-refractivity contribution in [1.82, 2.24) is 0 Å². The molecule has 0 aromatic heterocycles. The van der Waals surface area contributed by atoms with Gasteiger partial charge in [-0.25, -0.2) is 0 Å². The van der Waals surface area contributed by atoms with Gasteiger partial charge in [0.05, 0.1) is 0 Å². The number of carbonyl (C=O) groups is 1. The molecule has 17 heavy (non-hydrogen) atoms. The highest BCUT2D eigenvalue weighted by Gasteiger charge is 2.24. The first kappa shape index (κ1) is 11.9. The molecule has 4 heteroatoms. The number of aryl methyl sites for hydroxylation is 1. The Balaban J connectivity index is 2.17. The van der Waals surface area contributed by atoms with Gasteiger partial charge in [-0.05, 0) is 43.9 Å². The summed E-state index contributed by atoms with van der Waals surface area (Å²) < 4.78 is 5.35. The molecule has 1 aliphatic heterocycles. The van der Waals surface area contributed by atoms with Crippen LogP contribution in [0.1, 0.15) is 24.0 Å². The molecule has 1 atom stereocenters. The number of benzene rings is 1. The third kappa shape index (κ3) is 2.42. The summed E-state index contributed by atoms with van der Waals surface area (Å²) in [5, 5.41) is 2.92. The van der Waals surface area contributed by atoms with Crippen molar-refractivity contribution in [2.75, 3.05) is 17.7 Å². The first-order valence-electron chi connectivity index (χ1n) is 5.87. The van der Waals surface area contributed by atoms with Crippen molar-refractivity contribution >= 4 is 17.3 Å². The van der Waals surface area contributed by atoms with Crippen molar-refractivity contribution in [1.29, 1.82) is 0 Å². The molecule has 2 rings (SSSR count). The van der Waals surface area contributed by atoms with Crippen molar-refractivity contribution < 1.29 is 9.53 Å². The van der Waals surface area contributed by atoms with Crippen LogP contribution in [0, 0.1) is 13.8 Å². The molecule has 0 radical (unpaired) electrons. The molecule has 1 fully saturated rings. The zero-order valence-electron chi connectivity index (χ0n) is 10.2. The molecule has 1 aromatic carbocycles. The van der Waals surface area contributed by atoms with E-state index in [1.54, 1.807) is 0 Å². The van der Waals surface area contributed by atoms with E-state index >= 15 is 0 Å². The van der Waals surface area contributed by atoms with E-state index < -0.39 is 0 Å². The monoisotopic (exact) mass is 234 g/mol. The van der Waals surface area contributed by atoms with Crippen molar-refractivity contribution in [3.63, 3.8) is 0 Å². The van der Waals surface area contributed by atoms with Crippen molar-refractivity contribution in [2.24, 2.45) is 0 Å². The fourth-order valence-electron chi connectivity index (χ4n) is 2.04. The third-order valence-electron chi connectivity index (χ3n) is 3.19. The van der Waals surface area contributed by atoms with Gasteiger partial charge in [0.1, 0.15) is 6.10 Å². The zero-order chi connectivity index (χ0) is 12.4. The highest BCUT2D eigenvalue weighted by Crippen LogP contribution is 2.26. The van der Waals surface area contributed by atoms with Crippen LogP contribution in [0.15, 0.2) is 12.1 Å². The lowest BCUT2D eigenvalue weighted by molar-refractivity contribution is -0.124. The number of anilines is 2. The molecular weight excluding hydrogens is 216 g/mol. The van der Waals surface area contributed by atoms with Crippen LogP contribution in [0.4, 0.5) is 11.4 Å². The highest BCUT2D eigenvalue weighted by atomic mass is 16.5. The number of nitrogen functional groups attached to an aromatic ring is 1. The summed E-state index contributed by atoms with van der Waals surface area (Å²) in [5.41, 5.74) is 9.27. The first-order valence-corrected chi connectivity index (χ1v) is 5.87. The standard InChI is InChI=1S/C13H18N2O2/c1-8-5-6-10(14)9(2)12(8)15-13(16)11-4-3-7-17-11/h5-6,11H,3-4,7,14H2,1-2H3,(H,15,16). The van der Waals surface area contributed by atoms with Gasteiger partial charge in [0.15, 0.2) is 0 Å². The normalized spacial score (nSPS) is 19.3. The number of hydrogen-bond donors (Lipinski definition) is 2. The average molecular weight is 234 g/mol. The van der Waals surface area contributed by atoms with Crippen LogP contribution in [0.2, 0.25) is 0 Å². The Bertz CT molecular complexity index is 437. The van der Waals surface area contributed by atoms with Gasteiger partial charge in [-0.15, -0.1) is 0 Å². The van der Waals surface area contributed by atoms with E-state index in [-0.39, 0.29) is 12.0 Å². The lowest BCUT2D eigenvalue weighted by Gasteiger charge is -2.15. The maximum Gasteiger partial charge on any atom is 0.253 e. The summed E-state index contributed by atoms with van der Waals surface area (Å²) in [4.78, 5) is 12.0. The van der Waals surface area contributed by atoms with Gasteiger partial charge in [0.25, 0.3) is 5.91 Å². The van der Waals surface area contributed by atoms with Gasteiger partial charge < -0.3 is 15.8 Å². The quantitative estimate of drug-likeness (QED) is 0.769. The molecule has 1 aliphatic rings. The SMILES string of the molecule is Cc1ccc(N)c(C)c1NC(=O)C1CCCO1. The second-order valence-corrected chi connectivity index (χ2v) is 4.46. The first-order chi connectivity index (χ1) is 8.09. The van der Waals surface area contributed by atoms with Crippen molar-refractivity contribution in [2.45, 2.75) is 32.8 Å². The molecule has 3 N–H and O–H groups in total. The molecule has 4 nitrogen and oxygen atoms in total. The molecule has 1 aromatic rings. The molecule has 0 saturated carbocycles. The van der Waals surface area contributed by atoms with Crippen LogP contribution in [-0.2, 0) is 9.53 Å². The molecule has 0 bridgehead atoms. The van der Waals surface area contributed by atoms with E-state index in [1.807, 2.05) is 26.0 Å². The van der Waals surface area contributed by atoms with Gasteiger partial charge in [0, 0.05) is 18.0 Å². The third-order valence-corrected chi connectivity index (χ3v) is 3.19. The number of amides is 1. The summed E-state index contributed by atoms with van der Waals surface area (Å²) in [6.45, 7) is 4.54. The lowest BCUT2D eigenvalue weighted by atomic mass is 10.1. The molecule has 0 spiro atoms. The fraction of sp³-hybridized carbons (Fsp3) is 0.462. The van der Waals surface area contributed by atoms with E-state index in [4.69, 9.17) is 10.5 Å². The van der Waals surface area contributed by atoms with Gasteiger partial charge in [-0.3, -0.25) is 4.79 Å². The molecule has 0 aliphatic carbocycles. The van der Waals surface area contributed by atoms with Crippen molar-refractivity contribution in [3.05, 3.63) is 23.3 Å². The zero-order valence-corrected chi connectivity index (χ0v) is 10.2. The number of nitrogens with one attached hydrogen (secondary N) is 1. The maximum atomic E-state index is 12.0. The Morgan fingerprint density at radius 1 is 1.47 bits per heavy atom. The number of rotatable bonds is 2. The second-order valence-electron chi connectivity index (χ2n) is 4.46.